The molecule has 0 saturated carbocycles. The fourth-order valence-electron chi connectivity index (χ4n) is 3.73. The Morgan fingerprint density at radius 3 is 3.11 bits per heavy atom. The van der Waals surface area contributed by atoms with Crippen molar-refractivity contribution in [2.45, 2.75) is 25.4 Å². The van der Waals surface area contributed by atoms with Gasteiger partial charge in [0.1, 0.15) is 0 Å². The van der Waals surface area contributed by atoms with Crippen molar-refractivity contribution in [3.05, 3.63) is 71.4 Å². The van der Waals surface area contributed by atoms with Gasteiger partial charge in [-0.2, -0.15) is 5.10 Å². The molecule has 0 fully saturated rings. The van der Waals surface area contributed by atoms with Crippen molar-refractivity contribution in [3.8, 4) is 0 Å². The zero-order valence-electron chi connectivity index (χ0n) is 15.4. The zero-order valence-corrected chi connectivity index (χ0v) is 15.4. The Hall–Kier alpha value is -2.92. The van der Waals surface area contributed by atoms with E-state index in [-0.39, 0.29) is 5.97 Å². The number of methoxy groups -OCH3 is 1. The summed E-state index contributed by atoms with van der Waals surface area (Å²) in [6.45, 7) is 1.72. The summed E-state index contributed by atoms with van der Waals surface area (Å²) in [7, 11) is 1.39. The molecular formula is C22H23N3O2. The third-order valence-electron chi connectivity index (χ3n) is 5.12. The molecule has 1 unspecified atom stereocenters. The predicted octanol–water partition coefficient (Wildman–Crippen LogP) is 3.50. The number of benzene rings is 2. The fourth-order valence-corrected chi connectivity index (χ4v) is 3.73. The largest absolute Gasteiger partial charge is 0.466 e. The van der Waals surface area contributed by atoms with E-state index in [1.165, 1.54) is 35.2 Å². The van der Waals surface area contributed by atoms with Gasteiger partial charge in [0.05, 0.1) is 25.4 Å². The Kier molecular flexibility index (Phi) is 5.03. The molecule has 4 rings (SSSR count). The van der Waals surface area contributed by atoms with Gasteiger partial charge < -0.3 is 10.1 Å². The number of rotatable bonds is 6. The summed E-state index contributed by atoms with van der Waals surface area (Å²) in [5, 5.41) is 9.33. The SMILES string of the molecule is COC(=O)C=Cc1ccc2c(c1)CCC2NCCn1ncc2ccccc21. The van der Waals surface area contributed by atoms with E-state index in [4.69, 9.17) is 0 Å². The molecule has 0 amide bonds. The first-order valence-corrected chi connectivity index (χ1v) is 9.27. The number of hydrogen-bond donors (Lipinski definition) is 1. The van der Waals surface area contributed by atoms with Gasteiger partial charge in [0.15, 0.2) is 0 Å². The van der Waals surface area contributed by atoms with Crippen LogP contribution >= 0.6 is 0 Å². The highest BCUT2D eigenvalue weighted by atomic mass is 16.5. The average molecular weight is 361 g/mol. The van der Waals surface area contributed by atoms with Gasteiger partial charge >= 0.3 is 5.97 Å². The number of esters is 1. The molecule has 138 valence electrons. The number of hydrogen-bond acceptors (Lipinski definition) is 4. The van der Waals surface area contributed by atoms with Crippen LogP contribution in [0.15, 0.2) is 54.7 Å². The smallest absolute Gasteiger partial charge is 0.330 e. The molecule has 27 heavy (non-hydrogen) atoms. The molecule has 1 atom stereocenters. The monoisotopic (exact) mass is 361 g/mol. The van der Waals surface area contributed by atoms with Crippen LogP contribution in [0.25, 0.3) is 17.0 Å². The van der Waals surface area contributed by atoms with Crippen molar-refractivity contribution in [2.75, 3.05) is 13.7 Å². The summed E-state index contributed by atoms with van der Waals surface area (Å²) in [5.74, 6) is -0.332. The van der Waals surface area contributed by atoms with Gasteiger partial charge in [-0.1, -0.05) is 36.4 Å². The van der Waals surface area contributed by atoms with Crippen LogP contribution in [0.4, 0.5) is 0 Å². The van der Waals surface area contributed by atoms with Crippen molar-refractivity contribution in [1.82, 2.24) is 15.1 Å². The van der Waals surface area contributed by atoms with Crippen molar-refractivity contribution >= 4 is 22.9 Å². The molecule has 1 aliphatic carbocycles. The molecule has 5 nitrogen and oxygen atoms in total. The van der Waals surface area contributed by atoms with Crippen molar-refractivity contribution in [2.24, 2.45) is 0 Å². The summed E-state index contributed by atoms with van der Waals surface area (Å²) in [4.78, 5) is 11.2. The zero-order chi connectivity index (χ0) is 18.6. The molecule has 1 aliphatic rings. The van der Waals surface area contributed by atoms with Crippen LogP contribution in [0.5, 0.6) is 0 Å². The normalized spacial score (nSPS) is 16.1. The van der Waals surface area contributed by atoms with E-state index in [0.29, 0.717) is 6.04 Å². The third-order valence-corrected chi connectivity index (χ3v) is 5.12. The van der Waals surface area contributed by atoms with Gasteiger partial charge in [0.25, 0.3) is 0 Å². The van der Waals surface area contributed by atoms with Crippen molar-refractivity contribution < 1.29 is 9.53 Å². The van der Waals surface area contributed by atoms with E-state index >= 15 is 0 Å². The van der Waals surface area contributed by atoms with Crippen LogP contribution in [-0.2, 0) is 22.5 Å². The molecule has 1 N–H and O–H groups in total. The van der Waals surface area contributed by atoms with E-state index in [2.05, 4.69) is 50.2 Å². The number of aryl methyl sites for hydroxylation is 1. The number of carbonyl (C=O) groups is 1. The molecule has 1 aromatic heterocycles. The quantitative estimate of drug-likeness (QED) is 0.539. The van der Waals surface area contributed by atoms with Gasteiger partial charge in [0, 0.05) is 24.0 Å². The molecule has 0 spiro atoms. The second-order valence-corrected chi connectivity index (χ2v) is 6.79. The third kappa shape index (κ3) is 3.78. The summed E-state index contributed by atoms with van der Waals surface area (Å²) in [6.07, 6.45) is 7.33. The van der Waals surface area contributed by atoms with Crippen LogP contribution in [0.1, 0.15) is 29.2 Å². The Morgan fingerprint density at radius 1 is 1.33 bits per heavy atom. The lowest BCUT2D eigenvalue weighted by atomic mass is 10.0. The molecule has 0 radical (unpaired) electrons. The number of ether oxygens (including phenoxy) is 1. The molecule has 0 bridgehead atoms. The van der Waals surface area contributed by atoms with Crippen molar-refractivity contribution in [1.29, 1.82) is 0 Å². The van der Waals surface area contributed by atoms with Gasteiger partial charge in [-0.25, -0.2) is 4.79 Å². The lowest BCUT2D eigenvalue weighted by Gasteiger charge is -2.14. The number of nitrogens with zero attached hydrogens (tertiary/aromatic N) is 2. The van der Waals surface area contributed by atoms with Gasteiger partial charge in [0.2, 0.25) is 0 Å². The standard InChI is InChI=1S/C22H23N3O2/c1-27-22(26)11-7-16-6-9-19-17(14-16)8-10-20(19)23-12-13-25-21-5-3-2-4-18(21)15-24-25/h2-7,9,11,14-15,20,23H,8,10,12-13H2,1H3. The Bertz CT molecular complexity index is 990. The van der Waals surface area contributed by atoms with E-state index in [9.17, 15) is 4.79 Å². The summed E-state index contributed by atoms with van der Waals surface area (Å²) < 4.78 is 6.69. The number of aromatic nitrogens is 2. The number of nitrogens with one attached hydrogen (secondary N) is 1. The molecular weight excluding hydrogens is 338 g/mol. The molecule has 1 heterocycles. The van der Waals surface area contributed by atoms with Gasteiger partial charge in [-0.15, -0.1) is 0 Å². The predicted molar refractivity (Wildman–Crippen MR) is 106 cm³/mol. The van der Waals surface area contributed by atoms with Crippen LogP contribution in [0.2, 0.25) is 0 Å². The van der Waals surface area contributed by atoms with E-state index in [1.807, 2.05) is 18.3 Å². The molecule has 3 aromatic rings. The lowest BCUT2D eigenvalue weighted by Crippen LogP contribution is -2.24. The molecule has 0 aliphatic heterocycles. The maximum absolute atomic E-state index is 11.2. The summed E-state index contributed by atoms with van der Waals surface area (Å²) in [5.41, 5.74) is 4.91. The highest BCUT2D eigenvalue weighted by Gasteiger charge is 2.21. The van der Waals surface area contributed by atoms with E-state index in [0.717, 1.165) is 31.5 Å². The maximum Gasteiger partial charge on any atom is 0.330 e. The second kappa shape index (κ2) is 7.76. The Morgan fingerprint density at radius 2 is 2.22 bits per heavy atom. The van der Waals surface area contributed by atoms with Crippen molar-refractivity contribution in [3.63, 3.8) is 0 Å². The first-order valence-electron chi connectivity index (χ1n) is 9.27. The van der Waals surface area contributed by atoms with Crippen LogP contribution in [0, 0.1) is 0 Å². The Labute approximate surface area is 158 Å². The molecule has 2 aromatic carbocycles. The minimum atomic E-state index is -0.332. The number of fused-ring (bicyclic) bond motifs is 2. The van der Waals surface area contributed by atoms with E-state index in [1.54, 1.807) is 6.08 Å². The highest BCUT2D eigenvalue weighted by Crippen LogP contribution is 2.32. The topological polar surface area (TPSA) is 56.1 Å². The van der Waals surface area contributed by atoms with E-state index < -0.39 is 0 Å². The average Bonchev–Trinajstić information content (AvgIpc) is 3.30. The minimum Gasteiger partial charge on any atom is -0.466 e. The summed E-state index contributed by atoms with van der Waals surface area (Å²) >= 11 is 0. The highest BCUT2D eigenvalue weighted by molar-refractivity contribution is 5.87. The van der Waals surface area contributed by atoms with Crippen LogP contribution in [0.3, 0.4) is 0 Å². The first kappa shape index (κ1) is 17.5. The molecule has 5 heteroatoms. The number of para-hydroxylation sites is 1. The molecule has 0 saturated heterocycles. The first-order chi connectivity index (χ1) is 13.2. The van der Waals surface area contributed by atoms with Gasteiger partial charge in [-0.05, 0) is 41.7 Å². The number of carbonyl (C=O) groups excluding carboxylic acids is 1. The van der Waals surface area contributed by atoms with Crippen LogP contribution < -0.4 is 5.32 Å². The van der Waals surface area contributed by atoms with Gasteiger partial charge in [-0.3, -0.25) is 4.68 Å². The summed E-state index contributed by atoms with van der Waals surface area (Å²) in [6, 6.07) is 15.0. The Balaban J connectivity index is 1.38. The van der Waals surface area contributed by atoms with Crippen LogP contribution in [-0.4, -0.2) is 29.4 Å². The minimum absolute atomic E-state index is 0.332. The fraction of sp³-hybridized carbons (Fsp3) is 0.273. The maximum atomic E-state index is 11.2. The lowest BCUT2D eigenvalue weighted by molar-refractivity contribution is -0.134. The second-order valence-electron chi connectivity index (χ2n) is 6.79.